The highest BCUT2D eigenvalue weighted by atomic mass is 16.1. The summed E-state index contributed by atoms with van der Waals surface area (Å²) in [7, 11) is 3.69. The molecule has 0 amide bonds. The number of aromatic amines is 1. The lowest BCUT2D eigenvalue weighted by Crippen LogP contribution is -2.62. The minimum atomic E-state index is -0.287. The lowest BCUT2D eigenvalue weighted by atomic mass is 10.1. The third kappa shape index (κ3) is 3.15. The molecule has 6 nitrogen and oxygen atoms in total. The summed E-state index contributed by atoms with van der Waals surface area (Å²) in [5.74, 6) is 0.305. The third-order valence-electron chi connectivity index (χ3n) is 1.87. The lowest BCUT2D eigenvalue weighted by molar-refractivity contribution is -0.771. The van der Waals surface area contributed by atoms with Crippen molar-refractivity contribution in [3.63, 3.8) is 0 Å². The monoisotopic (exact) mass is 224 g/mol. The third-order valence-corrected chi connectivity index (χ3v) is 1.87. The second-order valence-electron chi connectivity index (χ2n) is 4.75. The van der Waals surface area contributed by atoms with E-state index in [1.54, 1.807) is 11.2 Å². The van der Waals surface area contributed by atoms with Crippen LogP contribution in [0.2, 0.25) is 0 Å². The SMILES string of the molecule is CN(C)/C=N/c1nc[n+](C(C)(C)C)c(=O)[nH]1. The minimum Gasteiger partial charge on any atom is -0.369 e. The van der Waals surface area contributed by atoms with Gasteiger partial charge in [0.1, 0.15) is 0 Å². The van der Waals surface area contributed by atoms with Crippen LogP contribution < -0.4 is 10.3 Å². The molecule has 0 spiro atoms. The van der Waals surface area contributed by atoms with Crippen LogP contribution in [0.3, 0.4) is 0 Å². The topological polar surface area (TPSA) is 65.2 Å². The fraction of sp³-hybridized carbons (Fsp3) is 0.600. The molecular weight excluding hydrogens is 206 g/mol. The molecule has 1 N–H and O–H groups in total. The fourth-order valence-electron chi connectivity index (χ4n) is 1.07. The van der Waals surface area contributed by atoms with Crippen molar-refractivity contribution in [1.82, 2.24) is 14.9 Å². The summed E-state index contributed by atoms with van der Waals surface area (Å²) in [5, 5.41) is 0. The zero-order chi connectivity index (χ0) is 12.3. The first-order valence-electron chi connectivity index (χ1n) is 5.03. The van der Waals surface area contributed by atoms with Gasteiger partial charge < -0.3 is 4.90 Å². The highest BCUT2D eigenvalue weighted by molar-refractivity contribution is 5.57. The number of nitrogens with one attached hydrogen (secondary N) is 1. The molecule has 0 aliphatic heterocycles. The van der Waals surface area contributed by atoms with Crippen molar-refractivity contribution in [3.05, 3.63) is 16.8 Å². The predicted octanol–water partition coefficient (Wildman–Crippen LogP) is 0.0338. The second kappa shape index (κ2) is 4.42. The first-order valence-corrected chi connectivity index (χ1v) is 5.03. The van der Waals surface area contributed by atoms with Crippen LogP contribution in [0.15, 0.2) is 16.1 Å². The summed E-state index contributed by atoms with van der Waals surface area (Å²) in [4.78, 5) is 24.2. The normalized spacial score (nSPS) is 12.1. The molecule has 1 heterocycles. The van der Waals surface area contributed by atoms with Crippen LogP contribution in [0.4, 0.5) is 5.95 Å². The van der Waals surface area contributed by atoms with E-state index in [2.05, 4.69) is 15.0 Å². The van der Waals surface area contributed by atoms with Crippen LogP contribution in [0.5, 0.6) is 0 Å². The molecule has 88 valence electrons. The number of rotatable bonds is 2. The van der Waals surface area contributed by atoms with Crippen molar-refractivity contribution < 1.29 is 4.57 Å². The Hall–Kier alpha value is -1.72. The molecule has 1 aromatic heterocycles. The first kappa shape index (κ1) is 12.4. The van der Waals surface area contributed by atoms with Crippen molar-refractivity contribution in [3.8, 4) is 0 Å². The van der Waals surface area contributed by atoms with Crippen LogP contribution in [0.25, 0.3) is 0 Å². The van der Waals surface area contributed by atoms with E-state index in [9.17, 15) is 4.79 Å². The van der Waals surface area contributed by atoms with Crippen molar-refractivity contribution >= 4 is 12.3 Å². The molecule has 0 unspecified atom stereocenters. The molecule has 0 saturated heterocycles. The first-order chi connectivity index (χ1) is 7.30. The summed E-state index contributed by atoms with van der Waals surface area (Å²) >= 11 is 0. The molecule has 0 fully saturated rings. The molecule has 0 aromatic carbocycles. The van der Waals surface area contributed by atoms with E-state index in [-0.39, 0.29) is 11.2 Å². The van der Waals surface area contributed by atoms with Gasteiger partial charge in [-0.1, -0.05) is 4.98 Å². The number of nitrogens with zero attached hydrogens (tertiary/aromatic N) is 4. The van der Waals surface area contributed by atoms with Crippen LogP contribution in [-0.2, 0) is 5.54 Å². The van der Waals surface area contributed by atoms with Gasteiger partial charge in [0, 0.05) is 14.1 Å². The Labute approximate surface area is 94.7 Å². The molecule has 6 heteroatoms. The van der Waals surface area contributed by atoms with Crippen LogP contribution >= 0.6 is 0 Å². The molecule has 0 saturated carbocycles. The maximum atomic E-state index is 11.7. The van der Waals surface area contributed by atoms with E-state index in [1.807, 2.05) is 34.9 Å². The van der Waals surface area contributed by atoms with E-state index >= 15 is 0 Å². The van der Waals surface area contributed by atoms with Gasteiger partial charge in [0.25, 0.3) is 0 Å². The van der Waals surface area contributed by atoms with E-state index in [0.29, 0.717) is 5.95 Å². The van der Waals surface area contributed by atoms with Crippen molar-refractivity contribution in [1.29, 1.82) is 0 Å². The summed E-state index contributed by atoms with van der Waals surface area (Å²) in [6.07, 6.45) is 3.08. The van der Waals surface area contributed by atoms with Crippen molar-refractivity contribution in [2.75, 3.05) is 14.1 Å². The molecule has 0 aliphatic carbocycles. The Kier molecular flexibility index (Phi) is 3.41. The van der Waals surface area contributed by atoms with Crippen LogP contribution in [0, 0.1) is 0 Å². The summed E-state index contributed by atoms with van der Waals surface area (Å²) in [6, 6.07) is 0. The summed E-state index contributed by atoms with van der Waals surface area (Å²) < 4.78 is 1.53. The Bertz CT molecular complexity index is 441. The number of aromatic nitrogens is 3. The van der Waals surface area contributed by atoms with Crippen LogP contribution in [-0.4, -0.2) is 35.3 Å². The molecule has 1 rings (SSSR count). The van der Waals surface area contributed by atoms with Gasteiger partial charge in [0.15, 0.2) is 0 Å². The molecular formula is C10H18N5O+. The number of aliphatic imine (C=N–C) groups is 1. The smallest absolute Gasteiger partial charge is 0.369 e. The number of hydrogen-bond donors (Lipinski definition) is 1. The molecule has 0 bridgehead atoms. The highest BCUT2D eigenvalue weighted by Gasteiger charge is 2.21. The largest absolute Gasteiger partial charge is 0.444 e. The molecule has 0 atom stereocenters. The number of hydrogen-bond acceptors (Lipinski definition) is 3. The zero-order valence-corrected chi connectivity index (χ0v) is 10.4. The Morgan fingerprint density at radius 3 is 2.56 bits per heavy atom. The summed E-state index contributed by atoms with van der Waals surface area (Å²) in [6.45, 7) is 5.81. The quantitative estimate of drug-likeness (QED) is 0.438. The molecule has 0 aliphatic rings. The fourth-order valence-corrected chi connectivity index (χ4v) is 1.07. The van der Waals surface area contributed by atoms with E-state index < -0.39 is 0 Å². The van der Waals surface area contributed by atoms with Crippen LogP contribution in [0.1, 0.15) is 20.8 Å². The Balaban J connectivity index is 3.06. The maximum Gasteiger partial charge on any atom is 0.444 e. The van der Waals surface area contributed by atoms with Gasteiger partial charge in [-0.05, 0) is 20.8 Å². The van der Waals surface area contributed by atoms with Gasteiger partial charge in [-0.15, -0.1) is 0 Å². The average molecular weight is 224 g/mol. The molecule has 1 aromatic rings. The average Bonchev–Trinajstić information content (AvgIpc) is 2.12. The summed E-state index contributed by atoms with van der Waals surface area (Å²) in [5.41, 5.74) is -0.502. The van der Waals surface area contributed by atoms with Crippen molar-refractivity contribution in [2.45, 2.75) is 26.3 Å². The van der Waals surface area contributed by atoms with Gasteiger partial charge in [0.2, 0.25) is 6.33 Å². The predicted molar refractivity (Wildman–Crippen MR) is 61.9 cm³/mol. The van der Waals surface area contributed by atoms with Crippen molar-refractivity contribution in [2.24, 2.45) is 4.99 Å². The second-order valence-corrected chi connectivity index (χ2v) is 4.75. The van der Waals surface area contributed by atoms with Gasteiger partial charge in [-0.3, -0.25) is 0 Å². The van der Waals surface area contributed by atoms with E-state index in [0.717, 1.165) is 0 Å². The Morgan fingerprint density at radius 1 is 1.50 bits per heavy atom. The number of H-pyrrole nitrogens is 1. The standard InChI is InChI=1S/C10H17N5O/c1-10(2,3)15-7-12-8(13-9(15)16)11-6-14(4)5/h6-7H,1-5H3/p+1/b11-6+. The highest BCUT2D eigenvalue weighted by Crippen LogP contribution is 2.01. The van der Waals surface area contributed by atoms with Gasteiger partial charge in [-0.2, -0.15) is 14.5 Å². The maximum absolute atomic E-state index is 11.7. The molecule has 16 heavy (non-hydrogen) atoms. The molecule has 0 radical (unpaired) electrons. The van der Waals surface area contributed by atoms with Gasteiger partial charge >= 0.3 is 11.6 Å². The Morgan fingerprint density at radius 2 is 2.12 bits per heavy atom. The van der Waals surface area contributed by atoms with E-state index in [1.165, 1.54) is 10.9 Å². The van der Waals surface area contributed by atoms with Gasteiger partial charge in [0.05, 0.1) is 11.9 Å². The lowest BCUT2D eigenvalue weighted by Gasteiger charge is -2.14. The zero-order valence-electron chi connectivity index (χ0n) is 10.4. The van der Waals surface area contributed by atoms with E-state index in [4.69, 9.17) is 0 Å². The minimum absolute atomic E-state index is 0.214. The van der Waals surface area contributed by atoms with Gasteiger partial charge in [-0.25, -0.2) is 4.79 Å².